The summed E-state index contributed by atoms with van der Waals surface area (Å²) in [6.45, 7) is 4.42. The fourth-order valence-electron chi connectivity index (χ4n) is 2.81. The molecule has 0 radical (unpaired) electrons. The van der Waals surface area contributed by atoms with Crippen molar-refractivity contribution in [1.82, 2.24) is 5.32 Å². The third-order valence-electron chi connectivity index (χ3n) is 3.94. The van der Waals surface area contributed by atoms with Gasteiger partial charge >= 0.3 is 0 Å². The molecule has 0 bridgehead atoms. The molecule has 104 valence electrons. The minimum absolute atomic E-state index is 0.193. The second-order valence-corrected chi connectivity index (χ2v) is 6.37. The number of carbonyl (C=O) groups is 1. The van der Waals surface area contributed by atoms with Gasteiger partial charge in [-0.05, 0) is 59.2 Å². The molecule has 0 spiro atoms. The standard InChI is InChI=1S/C15H19BrFNO/c1-9-6-7-13(10(2)8-9)18-15(19)11-4-3-5-12(17)14(11)16/h3-5,9-10,13H,6-8H2,1-2H3,(H,18,19). The molecule has 3 atom stereocenters. The number of halogens is 2. The van der Waals surface area contributed by atoms with Crippen LogP contribution in [0.15, 0.2) is 22.7 Å². The first-order valence-corrected chi connectivity index (χ1v) is 7.53. The van der Waals surface area contributed by atoms with E-state index >= 15 is 0 Å². The molecule has 0 heterocycles. The number of hydrogen-bond acceptors (Lipinski definition) is 1. The normalized spacial score (nSPS) is 27.1. The Labute approximate surface area is 121 Å². The Morgan fingerprint density at radius 2 is 2.11 bits per heavy atom. The first-order valence-electron chi connectivity index (χ1n) is 6.74. The lowest BCUT2D eigenvalue weighted by Crippen LogP contribution is -2.42. The predicted molar refractivity (Wildman–Crippen MR) is 77.5 cm³/mol. The summed E-state index contributed by atoms with van der Waals surface area (Å²) in [4.78, 5) is 12.2. The van der Waals surface area contributed by atoms with Gasteiger partial charge in [-0.1, -0.05) is 19.9 Å². The monoisotopic (exact) mass is 327 g/mol. The quantitative estimate of drug-likeness (QED) is 0.868. The van der Waals surface area contributed by atoms with Gasteiger partial charge in [-0.15, -0.1) is 0 Å². The van der Waals surface area contributed by atoms with E-state index in [1.54, 1.807) is 12.1 Å². The van der Waals surface area contributed by atoms with Gasteiger partial charge in [0, 0.05) is 6.04 Å². The summed E-state index contributed by atoms with van der Waals surface area (Å²) in [5.41, 5.74) is 0.367. The number of rotatable bonds is 2. The minimum Gasteiger partial charge on any atom is -0.349 e. The van der Waals surface area contributed by atoms with Gasteiger partial charge in [-0.25, -0.2) is 4.39 Å². The lowest BCUT2D eigenvalue weighted by molar-refractivity contribution is 0.0898. The van der Waals surface area contributed by atoms with E-state index in [1.165, 1.54) is 6.07 Å². The smallest absolute Gasteiger partial charge is 0.252 e. The molecule has 0 aliphatic heterocycles. The molecule has 4 heteroatoms. The van der Waals surface area contributed by atoms with Crippen LogP contribution in [0.3, 0.4) is 0 Å². The molecule has 19 heavy (non-hydrogen) atoms. The molecular formula is C15H19BrFNO. The first kappa shape index (κ1) is 14.5. The van der Waals surface area contributed by atoms with Crippen molar-refractivity contribution in [2.75, 3.05) is 0 Å². The number of hydrogen-bond donors (Lipinski definition) is 1. The van der Waals surface area contributed by atoms with Crippen molar-refractivity contribution >= 4 is 21.8 Å². The molecule has 3 unspecified atom stereocenters. The largest absolute Gasteiger partial charge is 0.349 e. The summed E-state index contributed by atoms with van der Waals surface area (Å²) in [7, 11) is 0. The maximum Gasteiger partial charge on any atom is 0.252 e. The zero-order valence-corrected chi connectivity index (χ0v) is 12.8. The van der Waals surface area contributed by atoms with Crippen molar-refractivity contribution in [2.24, 2.45) is 11.8 Å². The molecule has 1 aliphatic carbocycles. The van der Waals surface area contributed by atoms with Crippen LogP contribution in [0.4, 0.5) is 4.39 Å². The summed E-state index contributed by atoms with van der Waals surface area (Å²) < 4.78 is 13.7. The summed E-state index contributed by atoms with van der Waals surface area (Å²) in [5, 5.41) is 3.04. The van der Waals surface area contributed by atoms with Gasteiger partial charge < -0.3 is 5.32 Å². The van der Waals surface area contributed by atoms with Gasteiger partial charge in [-0.2, -0.15) is 0 Å². The number of nitrogens with one attached hydrogen (secondary N) is 1. The molecule has 1 N–H and O–H groups in total. The Kier molecular flexibility index (Phi) is 4.61. The Morgan fingerprint density at radius 3 is 2.79 bits per heavy atom. The van der Waals surface area contributed by atoms with Crippen molar-refractivity contribution in [3.63, 3.8) is 0 Å². The average Bonchev–Trinajstić information content (AvgIpc) is 2.36. The molecule has 1 aromatic rings. The van der Waals surface area contributed by atoms with Crippen molar-refractivity contribution in [1.29, 1.82) is 0 Å². The molecule has 0 aromatic heterocycles. The van der Waals surface area contributed by atoms with E-state index in [0.717, 1.165) is 25.2 Å². The van der Waals surface area contributed by atoms with Crippen molar-refractivity contribution in [3.05, 3.63) is 34.1 Å². The lowest BCUT2D eigenvalue weighted by atomic mass is 9.80. The second kappa shape index (κ2) is 6.04. The second-order valence-electron chi connectivity index (χ2n) is 5.58. The minimum atomic E-state index is -0.405. The summed E-state index contributed by atoms with van der Waals surface area (Å²) >= 11 is 3.13. The number of benzene rings is 1. The molecule has 1 aliphatic rings. The van der Waals surface area contributed by atoms with Crippen molar-refractivity contribution < 1.29 is 9.18 Å². The van der Waals surface area contributed by atoms with Crippen LogP contribution in [0.2, 0.25) is 0 Å². The lowest BCUT2D eigenvalue weighted by Gasteiger charge is -2.33. The van der Waals surface area contributed by atoms with Crippen molar-refractivity contribution in [2.45, 2.75) is 39.2 Å². The number of carbonyl (C=O) groups excluding carboxylic acids is 1. The summed E-state index contributed by atoms with van der Waals surface area (Å²) in [6, 6.07) is 4.73. The van der Waals surface area contributed by atoms with Crippen LogP contribution in [0.25, 0.3) is 0 Å². The highest BCUT2D eigenvalue weighted by atomic mass is 79.9. The predicted octanol–water partition coefficient (Wildman–Crippen LogP) is 4.14. The topological polar surface area (TPSA) is 29.1 Å². The third kappa shape index (κ3) is 3.35. The molecule has 1 aromatic carbocycles. The number of amides is 1. The zero-order chi connectivity index (χ0) is 14.0. The summed E-state index contributed by atoms with van der Waals surface area (Å²) in [6.07, 6.45) is 3.27. The summed E-state index contributed by atoms with van der Waals surface area (Å²) in [5.74, 6) is 0.597. The maximum atomic E-state index is 13.4. The Hall–Kier alpha value is -0.900. The highest BCUT2D eigenvalue weighted by Gasteiger charge is 2.27. The van der Waals surface area contributed by atoms with E-state index in [9.17, 15) is 9.18 Å². The third-order valence-corrected chi connectivity index (χ3v) is 4.75. The van der Waals surface area contributed by atoms with Gasteiger partial charge in [0.2, 0.25) is 0 Å². The van der Waals surface area contributed by atoms with Crippen LogP contribution in [-0.4, -0.2) is 11.9 Å². The highest BCUT2D eigenvalue weighted by Crippen LogP contribution is 2.29. The molecule has 2 nitrogen and oxygen atoms in total. The van der Waals surface area contributed by atoms with E-state index in [0.29, 0.717) is 11.5 Å². The molecule has 1 saturated carbocycles. The average molecular weight is 328 g/mol. The van der Waals surface area contributed by atoms with E-state index < -0.39 is 5.82 Å². The molecule has 2 rings (SSSR count). The van der Waals surface area contributed by atoms with Gasteiger partial charge in [-0.3, -0.25) is 4.79 Å². The maximum absolute atomic E-state index is 13.4. The Morgan fingerprint density at radius 1 is 1.37 bits per heavy atom. The van der Waals surface area contributed by atoms with E-state index in [1.807, 2.05) is 0 Å². The van der Waals surface area contributed by atoms with E-state index in [2.05, 4.69) is 35.1 Å². The zero-order valence-electron chi connectivity index (χ0n) is 11.2. The van der Waals surface area contributed by atoms with Crippen LogP contribution in [0.1, 0.15) is 43.5 Å². The van der Waals surface area contributed by atoms with Crippen LogP contribution >= 0.6 is 15.9 Å². The molecule has 0 saturated heterocycles. The fraction of sp³-hybridized carbons (Fsp3) is 0.533. The van der Waals surface area contributed by atoms with Gasteiger partial charge in [0.1, 0.15) is 5.82 Å². The SMILES string of the molecule is CC1CCC(NC(=O)c2cccc(F)c2Br)C(C)C1. The van der Waals surface area contributed by atoms with Crippen LogP contribution in [0.5, 0.6) is 0 Å². The van der Waals surface area contributed by atoms with Gasteiger partial charge in [0.15, 0.2) is 0 Å². The highest BCUT2D eigenvalue weighted by molar-refractivity contribution is 9.10. The Balaban J connectivity index is 2.07. The van der Waals surface area contributed by atoms with Crippen LogP contribution in [-0.2, 0) is 0 Å². The molecule has 1 amide bonds. The first-order chi connectivity index (χ1) is 8.99. The van der Waals surface area contributed by atoms with Crippen LogP contribution < -0.4 is 5.32 Å². The van der Waals surface area contributed by atoms with Gasteiger partial charge in [0.25, 0.3) is 5.91 Å². The van der Waals surface area contributed by atoms with E-state index in [4.69, 9.17) is 0 Å². The van der Waals surface area contributed by atoms with Crippen LogP contribution in [0, 0.1) is 17.7 Å². The Bertz CT molecular complexity index is 477. The van der Waals surface area contributed by atoms with E-state index in [-0.39, 0.29) is 16.4 Å². The van der Waals surface area contributed by atoms with Crippen molar-refractivity contribution in [3.8, 4) is 0 Å². The fourth-order valence-corrected chi connectivity index (χ4v) is 3.25. The van der Waals surface area contributed by atoms with Gasteiger partial charge in [0.05, 0.1) is 10.0 Å². The molecule has 1 fully saturated rings. The molecular weight excluding hydrogens is 309 g/mol.